The number of Topliss-reactive ketones (excluding diaryl/α,β-unsaturated/α-hetero) is 1. The van der Waals surface area contributed by atoms with Crippen molar-refractivity contribution in [3.63, 3.8) is 0 Å². The molecular weight excluding hydrogens is 410 g/mol. The standard InChI is InChI=1S/C20H23N3O5.2C2H6/c1-12(24)6-3-2-4-11-21-14-8-5-7-13-17(14)20(28)23(19(13)27)15-9-10-16(25)22-18(15)26;2*1-2/h5,7-8,15,21H,2-4,6,9-11H2,1H3,(H,22,25,26);2*1-2H3. The highest BCUT2D eigenvalue weighted by Gasteiger charge is 2.45. The molecule has 0 aromatic heterocycles. The Morgan fingerprint density at radius 3 is 2.34 bits per heavy atom. The van der Waals surface area contributed by atoms with Crippen LogP contribution in [0.15, 0.2) is 18.2 Å². The number of hydrogen-bond donors (Lipinski definition) is 2. The third kappa shape index (κ3) is 6.48. The minimum absolute atomic E-state index is 0.0924. The zero-order valence-corrected chi connectivity index (χ0v) is 19.7. The van der Waals surface area contributed by atoms with Crippen molar-refractivity contribution in [3.8, 4) is 0 Å². The van der Waals surface area contributed by atoms with E-state index in [1.54, 1.807) is 25.1 Å². The lowest BCUT2D eigenvalue weighted by molar-refractivity contribution is -0.136. The molecule has 2 heterocycles. The molecule has 0 saturated carbocycles. The van der Waals surface area contributed by atoms with E-state index in [1.165, 1.54) is 0 Å². The predicted molar refractivity (Wildman–Crippen MR) is 123 cm³/mol. The van der Waals surface area contributed by atoms with Crippen LogP contribution in [0.25, 0.3) is 0 Å². The quantitative estimate of drug-likeness (QED) is 0.466. The molecule has 0 radical (unpaired) electrons. The van der Waals surface area contributed by atoms with Crippen molar-refractivity contribution >= 4 is 35.1 Å². The number of unbranched alkanes of at least 4 members (excludes halogenated alkanes) is 2. The molecule has 1 atom stereocenters. The Balaban J connectivity index is 0.00000121. The summed E-state index contributed by atoms with van der Waals surface area (Å²) in [6, 6.07) is 4.02. The largest absolute Gasteiger partial charge is 0.384 e. The maximum atomic E-state index is 12.9. The van der Waals surface area contributed by atoms with Gasteiger partial charge in [-0.15, -0.1) is 0 Å². The van der Waals surface area contributed by atoms with Gasteiger partial charge >= 0.3 is 0 Å². The summed E-state index contributed by atoms with van der Waals surface area (Å²) in [6.45, 7) is 10.2. The summed E-state index contributed by atoms with van der Waals surface area (Å²) in [7, 11) is 0. The highest BCUT2D eigenvalue weighted by atomic mass is 16.2. The van der Waals surface area contributed by atoms with E-state index in [1.807, 2.05) is 27.7 Å². The molecule has 2 aliphatic rings. The molecule has 1 saturated heterocycles. The molecule has 1 fully saturated rings. The van der Waals surface area contributed by atoms with Gasteiger partial charge in [-0.05, 0) is 38.3 Å². The Kier molecular flexibility index (Phi) is 11.3. The van der Waals surface area contributed by atoms with E-state index in [2.05, 4.69) is 10.6 Å². The van der Waals surface area contributed by atoms with Crippen LogP contribution in [0.5, 0.6) is 0 Å². The predicted octanol–water partition coefficient (Wildman–Crippen LogP) is 3.70. The number of benzene rings is 1. The number of ketones is 1. The number of imide groups is 2. The van der Waals surface area contributed by atoms with Crippen LogP contribution in [0.4, 0.5) is 5.69 Å². The zero-order valence-electron chi connectivity index (χ0n) is 19.7. The van der Waals surface area contributed by atoms with Crippen molar-refractivity contribution in [2.45, 2.75) is 79.2 Å². The van der Waals surface area contributed by atoms with Crippen molar-refractivity contribution in [1.82, 2.24) is 10.2 Å². The van der Waals surface area contributed by atoms with Crippen molar-refractivity contribution in [2.24, 2.45) is 0 Å². The number of nitrogens with zero attached hydrogens (tertiary/aromatic N) is 1. The molecule has 2 aliphatic heterocycles. The zero-order chi connectivity index (χ0) is 24.3. The van der Waals surface area contributed by atoms with Gasteiger partial charge in [0.15, 0.2) is 0 Å². The van der Waals surface area contributed by atoms with E-state index in [0.717, 1.165) is 24.2 Å². The smallest absolute Gasteiger partial charge is 0.264 e. The second-order valence-corrected chi connectivity index (χ2v) is 7.11. The molecule has 2 N–H and O–H groups in total. The van der Waals surface area contributed by atoms with E-state index >= 15 is 0 Å². The molecule has 8 nitrogen and oxygen atoms in total. The van der Waals surface area contributed by atoms with Gasteiger partial charge < -0.3 is 10.1 Å². The SMILES string of the molecule is CC.CC.CC(=O)CCCCCNc1cccc2c1C(=O)N(C1CCC(=O)NC1=O)C2=O. The van der Waals surface area contributed by atoms with E-state index in [-0.39, 0.29) is 29.8 Å². The van der Waals surface area contributed by atoms with E-state index in [4.69, 9.17) is 0 Å². The van der Waals surface area contributed by atoms with Gasteiger partial charge in [-0.2, -0.15) is 0 Å². The number of piperidine rings is 1. The van der Waals surface area contributed by atoms with Crippen LogP contribution in [0.2, 0.25) is 0 Å². The second-order valence-electron chi connectivity index (χ2n) is 7.11. The summed E-state index contributed by atoms with van der Waals surface area (Å²) in [5.41, 5.74) is 1.08. The van der Waals surface area contributed by atoms with Gasteiger partial charge in [0.2, 0.25) is 11.8 Å². The Bertz CT molecular complexity index is 850. The number of anilines is 1. The molecule has 8 heteroatoms. The van der Waals surface area contributed by atoms with Crippen molar-refractivity contribution < 1.29 is 24.0 Å². The van der Waals surface area contributed by atoms with Crippen molar-refractivity contribution in [3.05, 3.63) is 29.3 Å². The van der Waals surface area contributed by atoms with Gasteiger partial charge in [0.25, 0.3) is 11.8 Å². The maximum Gasteiger partial charge on any atom is 0.264 e. The summed E-state index contributed by atoms with van der Waals surface area (Å²) < 4.78 is 0. The topological polar surface area (TPSA) is 113 Å². The summed E-state index contributed by atoms with van der Waals surface area (Å²) in [6.07, 6.45) is 3.33. The number of amides is 4. The molecular formula is C24H35N3O5. The van der Waals surface area contributed by atoms with Crippen LogP contribution in [-0.2, 0) is 14.4 Å². The average molecular weight is 446 g/mol. The van der Waals surface area contributed by atoms with Crippen LogP contribution in [0.3, 0.4) is 0 Å². The van der Waals surface area contributed by atoms with Crippen LogP contribution in [-0.4, -0.2) is 46.9 Å². The minimum atomic E-state index is -0.968. The molecule has 1 unspecified atom stereocenters. The molecule has 0 spiro atoms. The second kappa shape index (κ2) is 13.4. The lowest BCUT2D eigenvalue weighted by Gasteiger charge is -2.27. The van der Waals surface area contributed by atoms with Gasteiger partial charge in [0.1, 0.15) is 11.8 Å². The summed E-state index contributed by atoms with van der Waals surface area (Å²) in [4.78, 5) is 61.1. The number of rotatable bonds is 8. The van der Waals surface area contributed by atoms with Crippen molar-refractivity contribution in [2.75, 3.05) is 11.9 Å². The molecule has 176 valence electrons. The number of nitrogens with one attached hydrogen (secondary N) is 2. The number of carbonyl (C=O) groups is 5. The van der Waals surface area contributed by atoms with Crippen LogP contribution in [0.1, 0.15) is 93.9 Å². The number of fused-ring (bicyclic) bond motifs is 1. The first-order valence-electron chi connectivity index (χ1n) is 11.5. The third-order valence-corrected chi connectivity index (χ3v) is 4.99. The van der Waals surface area contributed by atoms with Gasteiger partial charge in [-0.3, -0.25) is 29.4 Å². The average Bonchev–Trinajstić information content (AvgIpc) is 3.04. The highest BCUT2D eigenvalue weighted by Crippen LogP contribution is 2.32. The van der Waals surface area contributed by atoms with Gasteiger partial charge in [0.05, 0.1) is 11.1 Å². The molecule has 0 aliphatic carbocycles. The van der Waals surface area contributed by atoms with E-state index in [9.17, 15) is 24.0 Å². The molecule has 32 heavy (non-hydrogen) atoms. The van der Waals surface area contributed by atoms with Crippen LogP contribution < -0.4 is 10.6 Å². The normalized spacial score (nSPS) is 16.9. The first-order valence-corrected chi connectivity index (χ1v) is 11.5. The van der Waals surface area contributed by atoms with E-state index < -0.39 is 29.7 Å². The Morgan fingerprint density at radius 1 is 1.03 bits per heavy atom. The summed E-state index contributed by atoms with van der Waals surface area (Å²) >= 11 is 0. The van der Waals surface area contributed by atoms with Crippen LogP contribution >= 0.6 is 0 Å². The maximum absolute atomic E-state index is 12.9. The minimum Gasteiger partial charge on any atom is -0.384 e. The summed E-state index contributed by atoms with van der Waals surface area (Å²) in [5, 5.41) is 5.37. The Labute approximate surface area is 190 Å². The highest BCUT2D eigenvalue weighted by molar-refractivity contribution is 6.25. The molecule has 1 aromatic carbocycles. The molecule has 0 bridgehead atoms. The van der Waals surface area contributed by atoms with Crippen molar-refractivity contribution in [1.29, 1.82) is 0 Å². The molecule has 1 aromatic rings. The summed E-state index contributed by atoms with van der Waals surface area (Å²) in [5.74, 6) is -1.88. The number of carbonyl (C=O) groups excluding carboxylic acids is 5. The number of hydrogen-bond acceptors (Lipinski definition) is 6. The lowest BCUT2D eigenvalue weighted by Crippen LogP contribution is -2.54. The third-order valence-electron chi connectivity index (χ3n) is 4.99. The van der Waals surface area contributed by atoms with Crippen LogP contribution in [0, 0.1) is 0 Å². The fraction of sp³-hybridized carbons (Fsp3) is 0.542. The molecule has 3 rings (SSSR count). The van der Waals surface area contributed by atoms with Gasteiger partial charge in [-0.25, -0.2) is 0 Å². The Morgan fingerprint density at radius 2 is 1.72 bits per heavy atom. The van der Waals surface area contributed by atoms with Gasteiger partial charge in [-0.1, -0.05) is 40.2 Å². The lowest BCUT2D eigenvalue weighted by atomic mass is 10.0. The first kappa shape index (κ1) is 27.0. The first-order chi connectivity index (χ1) is 15.4. The fourth-order valence-corrected chi connectivity index (χ4v) is 3.56. The fourth-order valence-electron chi connectivity index (χ4n) is 3.56. The monoisotopic (exact) mass is 445 g/mol. The Hall–Kier alpha value is -3.03. The van der Waals surface area contributed by atoms with E-state index in [0.29, 0.717) is 18.7 Å². The molecule has 4 amide bonds. The van der Waals surface area contributed by atoms with Gasteiger partial charge in [0, 0.05) is 25.1 Å².